The molecule has 0 bridgehead atoms. The van der Waals surface area contributed by atoms with E-state index >= 15 is 0 Å². The van der Waals surface area contributed by atoms with Crippen molar-refractivity contribution in [3.8, 4) is 23.1 Å². The van der Waals surface area contributed by atoms with E-state index < -0.39 is 5.82 Å². The van der Waals surface area contributed by atoms with Crippen molar-refractivity contribution in [1.29, 1.82) is 0 Å². The van der Waals surface area contributed by atoms with Crippen LogP contribution in [0, 0.1) is 24.6 Å². The van der Waals surface area contributed by atoms with Gasteiger partial charge in [0.1, 0.15) is 12.1 Å². The first kappa shape index (κ1) is 17.4. The van der Waals surface area contributed by atoms with Gasteiger partial charge in [0.25, 0.3) is 0 Å². The highest BCUT2D eigenvalue weighted by atomic mass is 19.1. The van der Waals surface area contributed by atoms with E-state index in [-0.39, 0.29) is 5.56 Å². The van der Waals surface area contributed by atoms with E-state index in [2.05, 4.69) is 26.8 Å². The van der Waals surface area contributed by atoms with Crippen LogP contribution in [0.4, 0.5) is 4.39 Å². The summed E-state index contributed by atoms with van der Waals surface area (Å²) in [5.74, 6) is 5.59. The number of carbonyl (C=O) groups is 1. The first-order valence-electron chi connectivity index (χ1n) is 8.16. The average molecular weight is 345 g/mol. The standard InChI is InChI=1S/C21H16FN3O/c1-3-20-18(9-6-15-5-4-14(2)23-11-15)21(25-13-24-20)16-7-8-17(12-26)19(22)10-16/h4-5,7-8,10-13H,3H2,1-2H3. The molecule has 0 radical (unpaired) electrons. The third-order valence-corrected chi connectivity index (χ3v) is 3.90. The van der Waals surface area contributed by atoms with E-state index in [0.29, 0.717) is 29.5 Å². The first-order chi connectivity index (χ1) is 12.6. The quantitative estimate of drug-likeness (QED) is 0.536. The van der Waals surface area contributed by atoms with Gasteiger partial charge in [0.05, 0.1) is 22.5 Å². The third kappa shape index (κ3) is 3.65. The summed E-state index contributed by atoms with van der Waals surface area (Å²) in [5, 5.41) is 0. The molecule has 0 saturated heterocycles. The minimum atomic E-state index is -0.587. The minimum absolute atomic E-state index is 0.0110. The normalized spacial score (nSPS) is 10.1. The number of aromatic nitrogens is 3. The summed E-state index contributed by atoms with van der Waals surface area (Å²) < 4.78 is 14.0. The summed E-state index contributed by atoms with van der Waals surface area (Å²) in [6.07, 6.45) is 4.30. The molecule has 0 aliphatic carbocycles. The Labute approximate surface area is 151 Å². The molecule has 0 unspecified atom stereocenters. The fourth-order valence-electron chi connectivity index (χ4n) is 2.49. The molecular weight excluding hydrogens is 329 g/mol. The van der Waals surface area contributed by atoms with Crippen molar-refractivity contribution in [3.63, 3.8) is 0 Å². The van der Waals surface area contributed by atoms with E-state index in [1.54, 1.807) is 12.3 Å². The van der Waals surface area contributed by atoms with Crippen LogP contribution in [0.3, 0.4) is 0 Å². The molecule has 0 amide bonds. The van der Waals surface area contributed by atoms with Crippen LogP contribution in [0.15, 0.2) is 42.9 Å². The third-order valence-electron chi connectivity index (χ3n) is 3.90. The molecule has 0 atom stereocenters. The van der Waals surface area contributed by atoms with Crippen LogP contribution in [0.1, 0.15) is 39.8 Å². The number of halogens is 1. The maximum atomic E-state index is 14.0. The Morgan fingerprint density at radius 2 is 1.96 bits per heavy atom. The van der Waals surface area contributed by atoms with E-state index in [9.17, 15) is 9.18 Å². The maximum Gasteiger partial charge on any atom is 0.152 e. The molecule has 2 heterocycles. The van der Waals surface area contributed by atoms with Gasteiger partial charge in [0, 0.05) is 23.0 Å². The van der Waals surface area contributed by atoms with Gasteiger partial charge in [-0.25, -0.2) is 14.4 Å². The lowest BCUT2D eigenvalue weighted by Crippen LogP contribution is -2.00. The van der Waals surface area contributed by atoms with Crippen molar-refractivity contribution >= 4 is 6.29 Å². The van der Waals surface area contributed by atoms with Gasteiger partial charge >= 0.3 is 0 Å². The number of nitrogens with zero attached hydrogens (tertiary/aromatic N) is 3. The van der Waals surface area contributed by atoms with Crippen molar-refractivity contribution in [2.75, 3.05) is 0 Å². The molecule has 26 heavy (non-hydrogen) atoms. The lowest BCUT2D eigenvalue weighted by atomic mass is 10.0. The summed E-state index contributed by atoms with van der Waals surface area (Å²) in [4.78, 5) is 23.6. The zero-order valence-corrected chi connectivity index (χ0v) is 14.5. The molecule has 128 valence electrons. The zero-order valence-electron chi connectivity index (χ0n) is 14.5. The molecule has 3 aromatic rings. The summed E-state index contributed by atoms with van der Waals surface area (Å²) in [7, 11) is 0. The highest BCUT2D eigenvalue weighted by Gasteiger charge is 2.12. The Bertz CT molecular complexity index is 1020. The zero-order chi connectivity index (χ0) is 18.5. The molecule has 0 fully saturated rings. The Morgan fingerprint density at radius 3 is 2.62 bits per heavy atom. The number of aldehydes is 1. The van der Waals surface area contributed by atoms with E-state index in [4.69, 9.17) is 0 Å². The second-order valence-electron chi connectivity index (χ2n) is 5.69. The van der Waals surface area contributed by atoms with Crippen LogP contribution >= 0.6 is 0 Å². The molecule has 3 rings (SSSR count). The van der Waals surface area contributed by atoms with Crippen LogP contribution in [-0.4, -0.2) is 21.2 Å². The topological polar surface area (TPSA) is 55.7 Å². The summed E-state index contributed by atoms with van der Waals surface area (Å²) in [6.45, 7) is 3.88. The number of hydrogen-bond acceptors (Lipinski definition) is 4. The number of rotatable bonds is 3. The molecule has 2 aromatic heterocycles. The molecule has 5 heteroatoms. The highest BCUT2D eigenvalue weighted by molar-refractivity contribution is 5.78. The van der Waals surface area contributed by atoms with E-state index in [1.807, 2.05) is 26.0 Å². The molecule has 0 saturated carbocycles. The molecular formula is C21H16FN3O. The van der Waals surface area contributed by atoms with Gasteiger partial charge in [-0.1, -0.05) is 24.8 Å². The van der Waals surface area contributed by atoms with Gasteiger partial charge in [0.2, 0.25) is 0 Å². The van der Waals surface area contributed by atoms with Gasteiger partial charge in [-0.15, -0.1) is 0 Å². The number of benzene rings is 1. The summed E-state index contributed by atoms with van der Waals surface area (Å²) in [5.41, 5.74) is 4.22. The van der Waals surface area contributed by atoms with Crippen LogP contribution in [0.25, 0.3) is 11.3 Å². The van der Waals surface area contributed by atoms with Crippen LogP contribution < -0.4 is 0 Å². The van der Waals surface area contributed by atoms with E-state index in [0.717, 1.165) is 17.0 Å². The Kier molecular flexibility index (Phi) is 5.14. The molecule has 0 aliphatic heterocycles. The highest BCUT2D eigenvalue weighted by Crippen LogP contribution is 2.24. The van der Waals surface area contributed by atoms with Crippen molar-refractivity contribution in [2.24, 2.45) is 0 Å². The molecule has 4 nitrogen and oxygen atoms in total. The maximum absolute atomic E-state index is 14.0. The fraction of sp³-hybridized carbons (Fsp3) is 0.143. The predicted octanol–water partition coefficient (Wildman–Crippen LogP) is 3.76. The fourth-order valence-corrected chi connectivity index (χ4v) is 2.49. The van der Waals surface area contributed by atoms with Crippen LogP contribution in [0.5, 0.6) is 0 Å². The van der Waals surface area contributed by atoms with Crippen molar-refractivity contribution in [2.45, 2.75) is 20.3 Å². The van der Waals surface area contributed by atoms with Crippen LogP contribution in [0.2, 0.25) is 0 Å². The first-order valence-corrected chi connectivity index (χ1v) is 8.16. The molecule has 0 N–H and O–H groups in total. The SMILES string of the molecule is CCc1ncnc(-c2ccc(C=O)c(F)c2)c1C#Cc1ccc(C)nc1. The van der Waals surface area contributed by atoms with Gasteiger partial charge in [-0.2, -0.15) is 0 Å². The van der Waals surface area contributed by atoms with Crippen molar-refractivity contribution in [3.05, 3.63) is 76.8 Å². The predicted molar refractivity (Wildman–Crippen MR) is 97.1 cm³/mol. The number of aryl methyl sites for hydroxylation is 2. The lowest BCUT2D eigenvalue weighted by molar-refractivity contribution is 0.112. The lowest BCUT2D eigenvalue weighted by Gasteiger charge is -2.08. The second kappa shape index (κ2) is 7.66. The van der Waals surface area contributed by atoms with Gasteiger partial charge in [-0.3, -0.25) is 9.78 Å². The smallest absolute Gasteiger partial charge is 0.152 e. The van der Waals surface area contributed by atoms with Crippen LogP contribution in [-0.2, 0) is 6.42 Å². The molecule has 1 aromatic carbocycles. The number of pyridine rings is 1. The second-order valence-corrected chi connectivity index (χ2v) is 5.69. The Balaban J connectivity index is 2.11. The van der Waals surface area contributed by atoms with Gasteiger partial charge < -0.3 is 0 Å². The summed E-state index contributed by atoms with van der Waals surface area (Å²) in [6, 6.07) is 8.17. The summed E-state index contributed by atoms with van der Waals surface area (Å²) >= 11 is 0. The van der Waals surface area contributed by atoms with E-state index in [1.165, 1.54) is 18.5 Å². The minimum Gasteiger partial charge on any atom is -0.298 e. The van der Waals surface area contributed by atoms with Gasteiger partial charge in [0.15, 0.2) is 6.29 Å². The average Bonchev–Trinajstić information content (AvgIpc) is 2.67. The molecule has 0 aliphatic rings. The van der Waals surface area contributed by atoms with Crippen molar-refractivity contribution in [1.82, 2.24) is 15.0 Å². The van der Waals surface area contributed by atoms with Gasteiger partial charge in [-0.05, 0) is 37.6 Å². The van der Waals surface area contributed by atoms with Crippen molar-refractivity contribution < 1.29 is 9.18 Å². The number of hydrogen-bond donors (Lipinski definition) is 0. The largest absolute Gasteiger partial charge is 0.298 e. The Hall–Kier alpha value is -3.39. The molecule has 0 spiro atoms. The Morgan fingerprint density at radius 1 is 1.12 bits per heavy atom. The number of carbonyl (C=O) groups excluding carboxylic acids is 1. The monoisotopic (exact) mass is 345 g/mol.